The molecule has 25 heavy (non-hydrogen) atoms. The third-order valence-corrected chi connectivity index (χ3v) is 4.44. The molecular weight excluding hydrogens is 316 g/mol. The smallest absolute Gasteiger partial charge is 0.257 e. The number of likely N-dealkylation sites (tertiary alicyclic amines) is 1. The van der Waals surface area contributed by atoms with Crippen molar-refractivity contribution in [2.75, 3.05) is 13.1 Å². The van der Waals surface area contributed by atoms with Crippen LogP contribution in [-0.2, 0) is 6.54 Å². The Morgan fingerprint density at radius 1 is 1.24 bits per heavy atom. The lowest BCUT2D eigenvalue weighted by molar-refractivity contribution is 0.0704. The Hall–Kier alpha value is -2.27. The minimum Gasteiger partial charge on any atom is -0.491 e. The van der Waals surface area contributed by atoms with Crippen LogP contribution in [0.25, 0.3) is 0 Å². The van der Waals surface area contributed by atoms with Crippen LogP contribution in [0, 0.1) is 0 Å². The third kappa shape index (κ3) is 4.86. The molecule has 3 rings (SSSR count). The molecule has 0 bridgehead atoms. The molecule has 134 valence electrons. The van der Waals surface area contributed by atoms with E-state index in [-0.39, 0.29) is 12.0 Å². The van der Waals surface area contributed by atoms with Crippen molar-refractivity contribution in [3.8, 4) is 5.75 Å². The molecule has 5 heteroatoms. The van der Waals surface area contributed by atoms with Gasteiger partial charge in [0.1, 0.15) is 12.0 Å². The summed E-state index contributed by atoms with van der Waals surface area (Å²) in [5.74, 6) is 0.970. The van der Waals surface area contributed by atoms with E-state index in [9.17, 15) is 4.79 Å². The van der Waals surface area contributed by atoms with Crippen molar-refractivity contribution in [3.63, 3.8) is 0 Å². The Kier molecular flexibility index (Phi) is 5.76. The number of benzene rings is 1. The van der Waals surface area contributed by atoms with E-state index in [4.69, 9.17) is 9.15 Å². The highest BCUT2D eigenvalue weighted by Crippen LogP contribution is 2.16. The van der Waals surface area contributed by atoms with Gasteiger partial charge in [0.05, 0.1) is 17.9 Å². The van der Waals surface area contributed by atoms with Crippen LogP contribution in [0.1, 0.15) is 42.6 Å². The van der Waals surface area contributed by atoms with Gasteiger partial charge < -0.3 is 19.4 Å². The van der Waals surface area contributed by atoms with Gasteiger partial charge in [0.2, 0.25) is 0 Å². The number of furan rings is 1. The number of hydrogen-bond donors (Lipinski definition) is 1. The standard InChI is InChI=1S/C20H26N2O3/c1-15(2)25-19-5-3-16(4-6-19)13-21-18-7-10-22(11-8-18)20(23)17-9-12-24-14-17/h3-6,9,12,14-15,18,21H,7-8,10-11,13H2,1-2H3. The summed E-state index contributed by atoms with van der Waals surface area (Å²) in [4.78, 5) is 14.2. The lowest BCUT2D eigenvalue weighted by Crippen LogP contribution is -2.44. The van der Waals surface area contributed by atoms with E-state index >= 15 is 0 Å². The van der Waals surface area contributed by atoms with Crippen LogP contribution in [0.2, 0.25) is 0 Å². The second-order valence-electron chi connectivity index (χ2n) is 6.77. The highest BCUT2D eigenvalue weighted by Gasteiger charge is 2.23. The minimum absolute atomic E-state index is 0.0629. The number of ether oxygens (including phenoxy) is 1. The van der Waals surface area contributed by atoms with Crippen LogP contribution in [0.15, 0.2) is 47.3 Å². The summed E-state index contributed by atoms with van der Waals surface area (Å²) in [6.45, 7) is 6.45. The third-order valence-electron chi connectivity index (χ3n) is 4.44. The number of rotatable bonds is 6. The van der Waals surface area contributed by atoms with Crippen LogP contribution >= 0.6 is 0 Å². The molecule has 0 saturated carbocycles. The van der Waals surface area contributed by atoms with Gasteiger partial charge in [-0.15, -0.1) is 0 Å². The number of nitrogens with one attached hydrogen (secondary N) is 1. The first kappa shape index (κ1) is 17.5. The molecule has 0 unspecified atom stereocenters. The number of carbonyl (C=O) groups excluding carboxylic acids is 1. The average molecular weight is 342 g/mol. The van der Waals surface area contributed by atoms with Gasteiger partial charge in [0.15, 0.2) is 0 Å². The molecule has 2 aromatic rings. The molecule has 0 spiro atoms. The van der Waals surface area contributed by atoms with E-state index in [2.05, 4.69) is 17.4 Å². The molecule has 1 aliphatic heterocycles. The van der Waals surface area contributed by atoms with Gasteiger partial charge >= 0.3 is 0 Å². The fourth-order valence-electron chi connectivity index (χ4n) is 3.08. The number of piperidine rings is 1. The summed E-state index contributed by atoms with van der Waals surface area (Å²) >= 11 is 0. The molecule has 1 aromatic carbocycles. The van der Waals surface area contributed by atoms with E-state index < -0.39 is 0 Å². The molecule has 0 aliphatic carbocycles. The second kappa shape index (κ2) is 8.21. The van der Waals surface area contributed by atoms with Crippen molar-refractivity contribution < 1.29 is 13.9 Å². The first-order chi connectivity index (χ1) is 12.1. The molecular formula is C20H26N2O3. The zero-order valence-corrected chi connectivity index (χ0v) is 14.9. The Balaban J connectivity index is 1.42. The Bertz CT molecular complexity index is 657. The van der Waals surface area contributed by atoms with Crippen molar-refractivity contribution in [2.45, 2.75) is 45.4 Å². The van der Waals surface area contributed by atoms with Crippen molar-refractivity contribution in [1.82, 2.24) is 10.2 Å². The van der Waals surface area contributed by atoms with E-state index in [1.165, 1.54) is 11.8 Å². The first-order valence-corrected chi connectivity index (χ1v) is 8.92. The van der Waals surface area contributed by atoms with Gasteiger partial charge in [-0.2, -0.15) is 0 Å². The fourth-order valence-corrected chi connectivity index (χ4v) is 3.08. The summed E-state index contributed by atoms with van der Waals surface area (Å²) < 4.78 is 10.7. The van der Waals surface area contributed by atoms with Crippen LogP contribution < -0.4 is 10.1 Å². The number of carbonyl (C=O) groups is 1. The summed E-state index contributed by atoms with van der Waals surface area (Å²) in [6, 6.07) is 10.4. The quantitative estimate of drug-likeness (QED) is 0.873. The van der Waals surface area contributed by atoms with Gasteiger partial charge in [-0.25, -0.2) is 0 Å². The normalized spacial score (nSPS) is 15.6. The second-order valence-corrected chi connectivity index (χ2v) is 6.77. The average Bonchev–Trinajstić information content (AvgIpc) is 3.15. The van der Waals surface area contributed by atoms with Crippen molar-refractivity contribution in [1.29, 1.82) is 0 Å². The largest absolute Gasteiger partial charge is 0.491 e. The van der Waals surface area contributed by atoms with E-state index in [0.29, 0.717) is 11.6 Å². The van der Waals surface area contributed by atoms with Gasteiger partial charge in [-0.3, -0.25) is 4.79 Å². The topological polar surface area (TPSA) is 54.7 Å². The molecule has 1 aliphatic rings. The Morgan fingerprint density at radius 3 is 2.56 bits per heavy atom. The van der Waals surface area contributed by atoms with Gasteiger partial charge in [-0.05, 0) is 50.5 Å². The molecule has 2 heterocycles. The molecule has 5 nitrogen and oxygen atoms in total. The molecule has 1 amide bonds. The number of hydrogen-bond acceptors (Lipinski definition) is 4. The highest BCUT2D eigenvalue weighted by atomic mass is 16.5. The minimum atomic E-state index is 0.0629. The van der Waals surface area contributed by atoms with E-state index in [1.54, 1.807) is 12.3 Å². The van der Waals surface area contributed by atoms with Gasteiger partial charge in [-0.1, -0.05) is 12.1 Å². The Labute approximate surface area is 149 Å². The first-order valence-electron chi connectivity index (χ1n) is 8.92. The van der Waals surface area contributed by atoms with Crippen molar-refractivity contribution in [3.05, 3.63) is 54.0 Å². The van der Waals surface area contributed by atoms with E-state index in [0.717, 1.165) is 38.2 Å². The van der Waals surface area contributed by atoms with Crippen LogP contribution in [-0.4, -0.2) is 36.0 Å². The predicted octanol–water partition coefficient (Wildman–Crippen LogP) is 3.46. The fraction of sp³-hybridized carbons (Fsp3) is 0.450. The summed E-state index contributed by atoms with van der Waals surface area (Å²) in [5.41, 5.74) is 1.88. The van der Waals surface area contributed by atoms with E-state index in [1.807, 2.05) is 30.9 Å². The summed E-state index contributed by atoms with van der Waals surface area (Å²) in [5, 5.41) is 3.60. The lowest BCUT2D eigenvalue weighted by atomic mass is 10.0. The predicted molar refractivity (Wildman–Crippen MR) is 96.7 cm³/mol. The highest BCUT2D eigenvalue weighted by molar-refractivity contribution is 5.93. The van der Waals surface area contributed by atoms with Gasteiger partial charge in [0.25, 0.3) is 5.91 Å². The summed E-state index contributed by atoms with van der Waals surface area (Å²) in [7, 11) is 0. The molecule has 1 fully saturated rings. The molecule has 0 atom stereocenters. The SMILES string of the molecule is CC(C)Oc1ccc(CNC2CCN(C(=O)c3ccoc3)CC2)cc1. The zero-order chi connectivity index (χ0) is 17.6. The van der Waals surface area contributed by atoms with Crippen LogP contribution in [0.5, 0.6) is 5.75 Å². The van der Waals surface area contributed by atoms with Crippen molar-refractivity contribution >= 4 is 5.91 Å². The number of nitrogens with zero attached hydrogens (tertiary/aromatic N) is 1. The maximum absolute atomic E-state index is 12.3. The van der Waals surface area contributed by atoms with Gasteiger partial charge in [0, 0.05) is 25.7 Å². The van der Waals surface area contributed by atoms with Crippen LogP contribution in [0.4, 0.5) is 0 Å². The zero-order valence-electron chi connectivity index (χ0n) is 14.9. The number of amides is 1. The molecule has 1 saturated heterocycles. The Morgan fingerprint density at radius 2 is 1.96 bits per heavy atom. The molecule has 1 N–H and O–H groups in total. The molecule has 0 radical (unpaired) electrons. The molecule has 1 aromatic heterocycles. The lowest BCUT2D eigenvalue weighted by Gasteiger charge is -2.32. The maximum atomic E-state index is 12.3. The monoisotopic (exact) mass is 342 g/mol. The maximum Gasteiger partial charge on any atom is 0.257 e. The van der Waals surface area contributed by atoms with Crippen LogP contribution in [0.3, 0.4) is 0 Å². The van der Waals surface area contributed by atoms with Crippen molar-refractivity contribution in [2.24, 2.45) is 0 Å². The summed E-state index contributed by atoms with van der Waals surface area (Å²) in [6.07, 6.45) is 5.19.